The molecule has 3 aromatic rings. The van der Waals surface area contributed by atoms with Gasteiger partial charge in [-0.3, -0.25) is 9.59 Å². The predicted molar refractivity (Wildman–Crippen MR) is 86.8 cm³/mol. The molecule has 0 aromatic heterocycles. The quantitative estimate of drug-likeness (QED) is 0.613. The zero-order valence-corrected chi connectivity index (χ0v) is 12.3. The number of rotatable bonds is 1. The summed E-state index contributed by atoms with van der Waals surface area (Å²) in [5.74, 6) is -1.08. The van der Waals surface area contributed by atoms with Crippen LogP contribution in [0, 0.1) is 0 Å². The van der Waals surface area contributed by atoms with Gasteiger partial charge in [0.05, 0.1) is 0 Å². The average molecular weight is 307 g/mol. The topological polar surface area (TPSA) is 34.1 Å². The molecule has 0 saturated heterocycles. The van der Waals surface area contributed by atoms with Crippen molar-refractivity contribution in [1.82, 2.24) is 0 Å². The van der Waals surface area contributed by atoms with Crippen LogP contribution in [0.15, 0.2) is 60.7 Å². The molecule has 1 aliphatic rings. The Morgan fingerprint density at radius 3 is 2.14 bits per heavy atom. The molecule has 0 heterocycles. The highest BCUT2D eigenvalue weighted by Gasteiger charge is 2.36. The van der Waals surface area contributed by atoms with Gasteiger partial charge in [0.25, 0.3) is 0 Å². The standard InChI is InChI=1S/C19H11ClO2/c20-15-10-9-14-17-12(15)7-4-8-13(17)18(21)16(19(14)22)11-5-2-1-3-6-11/h1-10,16H. The molecule has 0 aliphatic heterocycles. The molecule has 2 nitrogen and oxygen atoms in total. The number of hydrogen-bond acceptors (Lipinski definition) is 2. The fourth-order valence-electron chi connectivity index (χ4n) is 3.16. The molecule has 1 atom stereocenters. The number of carbonyl (C=O) groups excluding carboxylic acids is 2. The third kappa shape index (κ3) is 1.74. The average Bonchev–Trinajstić information content (AvgIpc) is 2.55. The van der Waals surface area contributed by atoms with Gasteiger partial charge in [-0.05, 0) is 17.7 Å². The van der Waals surface area contributed by atoms with Crippen LogP contribution in [0.1, 0.15) is 32.2 Å². The molecule has 3 aromatic carbocycles. The van der Waals surface area contributed by atoms with Crippen molar-refractivity contribution in [2.75, 3.05) is 0 Å². The fraction of sp³-hybridized carbons (Fsp3) is 0.0526. The molecule has 0 spiro atoms. The van der Waals surface area contributed by atoms with Crippen molar-refractivity contribution in [3.05, 3.63) is 82.4 Å². The molecular weight excluding hydrogens is 296 g/mol. The smallest absolute Gasteiger partial charge is 0.178 e. The van der Waals surface area contributed by atoms with E-state index in [0.717, 1.165) is 10.9 Å². The summed E-state index contributed by atoms with van der Waals surface area (Å²) in [6.45, 7) is 0. The van der Waals surface area contributed by atoms with Gasteiger partial charge in [-0.25, -0.2) is 0 Å². The second-order valence-electron chi connectivity index (χ2n) is 5.40. The summed E-state index contributed by atoms with van der Waals surface area (Å²) in [6.07, 6.45) is 0. The first-order chi connectivity index (χ1) is 10.7. The Balaban J connectivity index is 2.03. The van der Waals surface area contributed by atoms with E-state index in [9.17, 15) is 9.59 Å². The normalized spacial score (nSPS) is 17.0. The highest BCUT2D eigenvalue weighted by atomic mass is 35.5. The Bertz CT molecular complexity index is 907. The van der Waals surface area contributed by atoms with Gasteiger partial charge in [0, 0.05) is 26.9 Å². The van der Waals surface area contributed by atoms with Crippen molar-refractivity contribution in [2.24, 2.45) is 0 Å². The highest BCUT2D eigenvalue weighted by molar-refractivity contribution is 6.39. The minimum atomic E-state index is -0.763. The van der Waals surface area contributed by atoms with E-state index in [2.05, 4.69) is 0 Å². The van der Waals surface area contributed by atoms with Crippen LogP contribution in [0.4, 0.5) is 0 Å². The summed E-state index contributed by atoms with van der Waals surface area (Å²) >= 11 is 6.21. The largest absolute Gasteiger partial charge is 0.293 e. The van der Waals surface area contributed by atoms with E-state index in [4.69, 9.17) is 11.6 Å². The summed E-state index contributed by atoms with van der Waals surface area (Å²) in [7, 11) is 0. The van der Waals surface area contributed by atoms with Crippen LogP contribution in [-0.4, -0.2) is 11.6 Å². The predicted octanol–water partition coefficient (Wildman–Crippen LogP) is 4.66. The van der Waals surface area contributed by atoms with Crippen molar-refractivity contribution in [2.45, 2.75) is 5.92 Å². The zero-order valence-electron chi connectivity index (χ0n) is 11.5. The van der Waals surface area contributed by atoms with Crippen molar-refractivity contribution < 1.29 is 9.59 Å². The summed E-state index contributed by atoms with van der Waals surface area (Å²) in [5, 5.41) is 1.99. The lowest BCUT2D eigenvalue weighted by Crippen LogP contribution is -2.27. The van der Waals surface area contributed by atoms with E-state index in [1.807, 2.05) is 42.5 Å². The Morgan fingerprint density at radius 1 is 0.727 bits per heavy atom. The van der Waals surface area contributed by atoms with Gasteiger partial charge in [-0.2, -0.15) is 0 Å². The van der Waals surface area contributed by atoms with E-state index >= 15 is 0 Å². The van der Waals surface area contributed by atoms with Crippen molar-refractivity contribution in [3.8, 4) is 0 Å². The van der Waals surface area contributed by atoms with E-state index < -0.39 is 5.92 Å². The maximum atomic E-state index is 12.9. The van der Waals surface area contributed by atoms with Crippen LogP contribution in [0.5, 0.6) is 0 Å². The monoisotopic (exact) mass is 306 g/mol. The van der Waals surface area contributed by atoms with Crippen LogP contribution >= 0.6 is 11.6 Å². The molecule has 3 heteroatoms. The summed E-state index contributed by atoms with van der Waals surface area (Å²) < 4.78 is 0. The van der Waals surface area contributed by atoms with Gasteiger partial charge in [0.2, 0.25) is 0 Å². The number of Topliss-reactive ketones (excluding diaryl/α,β-unsaturated/α-hetero) is 2. The van der Waals surface area contributed by atoms with Crippen molar-refractivity contribution >= 4 is 33.9 Å². The summed E-state index contributed by atoms with van der Waals surface area (Å²) in [6, 6.07) is 18.1. The molecule has 4 rings (SSSR count). The molecular formula is C19H11ClO2. The highest BCUT2D eigenvalue weighted by Crippen LogP contribution is 2.38. The van der Waals surface area contributed by atoms with Gasteiger partial charge in [0.1, 0.15) is 5.92 Å². The van der Waals surface area contributed by atoms with Crippen LogP contribution in [-0.2, 0) is 0 Å². The molecule has 0 amide bonds. The fourth-order valence-corrected chi connectivity index (χ4v) is 3.38. The van der Waals surface area contributed by atoms with E-state index in [1.165, 1.54) is 0 Å². The maximum Gasteiger partial charge on any atom is 0.178 e. The van der Waals surface area contributed by atoms with Crippen LogP contribution in [0.25, 0.3) is 10.8 Å². The van der Waals surface area contributed by atoms with Gasteiger partial charge < -0.3 is 0 Å². The number of ketones is 2. The van der Waals surface area contributed by atoms with Gasteiger partial charge in [0.15, 0.2) is 11.6 Å². The lowest BCUT2D eigenvalue weighted by atomic mass is 9.77. The summed E-state index contributed by atoms with van der Waals surface area (Å²) in [4.78, 5) is 25.7. The molecule has 0 N–H and O–H groups in total. The van der Waals surface area contributed by atoms with Gasteiger partial charge in [-0.15, -0.1) is 0 Å². The third-order valence-corrected chi connectivity index (χ3v) is 4.51. The van der Waals surface area contributed by atoms with E-state index in [0.29, 0.717) is 21.5 Å². The van der Waals surface area contributed by atoms with Gasteiger partial charge >= 0.3 is 0 Å². The molecule has 0 radical (unpaired) electrons. The Kier molecular flexibility index (Phi) is 2.88. The van der Waals surface area contributed by atoms with Crippen LogP contribution in [0.3, 0.4) is 0 Å². The molecule has 0 fully saturated rings. The molecule has 106 valence electrons. The lowest BCUT2D eigenvalue weighted by molar-refractivity contribution is 0.0856. The number of halogens is 1. The van der Waals surface area contributed by atoms with E-state index in [1.54, 1.807) is 18.2 Å². The Hall–Kier alpha value is -2.45. The molecule has 1 unspecified atom stereocenters. The van der Waals surface area contributed by atoms with Gasteiger partial charge in [-0.1, -0.05) is 60.1 Å². The first-order valence-corrected chi connectivity index (χ1v) is 7.41. The van der Waals surface area contributed by atoms with Crippen molar-refractivity contribution in [3.63, 3.8) is 0 Å². The number of hydrogen-bond donors (Lipinski definition) is 0. The molecule has 1 aliphatic carbocycles. The minimum Gasteiger partial charge on any atom is -0.293 e. The number of carbonyl (C=O) groups is 2. The molecule has 22 heavy (non-hydrogen) atoms. The first kappa shape index (κ1) is 13.2. The maximum absolute atomic E-state index is 12.9. The minimum absolute atomic E-state index is 0.156. The van der Waals surface area contributed by atoms with Crippen LogP contribution < -0.4 is 0 Å². The lowest BCUT2D eigenvalue weighted by Gasteiger charge is -2.23. The van der Waals surface area contributed by atoms with Crippen molar-refractivity contribution in [1.29, 1.82) is 0 Å². The SMILES string of the molecule is O=C1c2cccc3c(Cl)ccc(c23)C(=O)C1c1ccccc1. The number of benzene rings is 3. The second kappa shape index (κ2) is 4.79. The molecule has 0 saturated carbocycles. The second-order valence-corrected chi connectivity index (χ2v) is 5.80. The molecule has 0 bridgehead atoms. The van der Waals surface area contributed by atoms with Crippen LogP contribution in [0.2, 0.25) is 5.02 Å². The zero-order chi connectivity index (χ0) is 15.3. The summed E-state index contributed by atoms with van der Waals surface area (Å²) in [5.41, 5.74) is 1.88. The Morgan fingerprint density at radius 2 is 1.41 bits per heavy atom. The first-order valence-electron chi connectivity index (χ1n) is 7.03. The third-order valence-electron chi connectivity index (χ3n) is 4.18. The Labute approximate surface area is 132 Å². The van der Waals surface area contributed by atoms with E-state index in [-0.39, 0.29) is 11.6 Å².